The Morgan fingerprint density at radius 3 is 2.64 bits per heavy atom. The van der Waals surface area contributed by atoms with Crippen molar-refractivity contribution in [1.82, 2.24) is 35.0 Å². The van der Waals surface area contributed by atoms with E-state index in [1.807, 2.05) is 55.4 Å². The summed E-state index contributed by atoms with van der Waals surface area (Å²) in [6.07, 6.45) is 11.4. The van der Waals surface area contributed by atoms with E-state index in [4.69, 9.17) is 14.5 Å². The van der Waals surface area contributed by atoms with Gasteiger partial charge in [-0.25, -0.2) is 9.37 Å². The lowest BCUT2D eigenvalue weighted by molar-refractivity contribution is 0.154. The molecule has 5 heterocycles. The summed E-state index contributed by atoms with van der Waals surface area (Å²) in [5.74, 6) is 0.853. The predicted molar refractivity (Wildman–Crippen MR) is 169 cm³/mol. The molecule has 1 fully saturated rings. The van der Waals surface area contributed by atoms with Crippen molar-refractivity contribution in [3.8, 4) is 45.4 Å². The normalized spacial score (nSPS) is 14.1. The number of H-pyrrole nitrogens is 2. The van der Waals surface area contributed by atoms with Gasteiger partial charge in [-0.05, 0) is 82.2 Å². The van der Waals surface area contributed by atoms with E-state index < -0.39 is 0 Å². The predicted octanol–water partition coefficient (Wildman–Crippen LogP) is 7.02. The van der Waals surface area contributed by atoms with Gasteiger partial charge in [-0.1, -0.05) is 6.42 Å². The van der Waals surface area contributed by atoms with Gasteiger partial charge in [-0.2, -0.15) is 5.10 Å². The van der Waals surface area contributed by atoms with Crippen LogP contribution in [0, 0.1) is 5.82 Å². The second-order valence-corrected chi connectivity index (χ2v) is 11.6. The minimum Gasteiger partial charge on any atom is -0.492 e. The van der Waals surface area contributed by atoms with E-state index in [0.717, 1.165) is 64.0 Å². The Labute approximate surface area is 254 Å². The van der Waals surface area contributed by atoms with Crippen LogP contribution in [-0.4, -0.2) is 68.4 Å². The van der Waals surface area contributed by atoms with Crippen molar-refractivity contribution in [3.05, 3.63) is 72.9 Å². The molecule has 224 valence electrons. The maximum Gasteiger partial charge on any atom is 0.138 e. The fourth-order valence-electron chi connectivity index (χ4n) is 5.79. The molecular weight excluding hydrogens is 557 g/mol. The molecule has 0 radical (unpaired) electrons. The summed E-state index contributed by atoms with van der Waals surface area (Å²) in [6, 6.07) is 14.5. The highest BCUT2D eigenvalue weighted by Gasteiger charge is 2.18. The monoisotopic (exact) mass is 591 g/mol. The average molecular weight is 592 g/mol. The zero-order valence-corrected chi connectivity index (χ0v) is 24.8. The summed E-state index contributed by atoms with van der Waals surface area (Å²) >= 11 is 0. The zero-order chi connectivity index (χ0) is 30.0. The molecule has 1 aliphatic carbocycles. The van der Waals surface area contributed by atoms with Gasteiger partial charge in [0, 0.05) is 47.0 Å². The van der Waals surface area contributed by atoms with Gasteiger partial charge in [0.25, 0.3) is 0 Å². The lowest BCUT2D eigenvalue weighted by atomic mass is 9.98. The highest BCUT2D eigenvalue weighted by atomic mass is 19.1. The maximum absolute atomic E-state index is 14.7. The second-order valence-electron chi connectivity index (χ2n) is 11.6. The van der Waals surface area contributed by atoms with Crippen LogP contribution in [0.5, 0.6) is 11.5 Å². The number of nitrogens with zero attached hydrogens (tertiary/aromatic N) is 5. The topological polar surface area (TPSA) is 105 Å². The Balaban J connectivity index is 1.21. The molecule has 0 saturated heterocycles. The first-order valence-corrected chi connectivity index (χ1v) is 15.0. The van der Waals surface area contributed by atoms with Crippen molar-refractivity contribution in [2.24, 2.45) is 0 Å². The van der Waals surface area contributed by atoms with E-state index >= 15 is 0 Å². The molecule has 5 aromatic heterocycles. The molecule has 0 amide bonds. The summed E-state index contributed by atoms with van der Waals surface area (Å²) in [4.78, 5) is 19.5. The number of ether oxygens (including phenoxy) is 2. The van der Waals surface area contributed by atoms with Crippen LogP contribution in [0.3, 0.4) is 0 Å². The summed E-state index contributed by atoms with van der Waals surface area (Å²) in [5, 5.41) is 8.56. The van der Waals surface area contributed by atoms with Crippen LogP contribution in [0.15, 0.2) is 67.1 Å². The minimum absolute atomic E-state index is 0.243. The number of fused-ring (bicyclic) bond motifs is 2. The van der Waals surface area contributed by atoms with Gasteiger partial charge in [-0.3, -0.25) is 15.1 Å². The van der Waals surface area contributed by atoms with E-state index in [1.165, 1.54) is 31.4 Å². The van der Waals surface area contributed by atoms with Crippen LogP contribution in [-0.2, 0) is 0 Å². The Bertz CT molecular complexity index is 1930. The molecule has 44 heavy (non-hydrogen) atoms. The summed E-state index contributed by atoms with van der Waals surface area (Å²) < 4.78 is 26.7. The number of likely N-dealkylation sites (N-methyl/N-ethyl adjacent to an activating group) is 1. The fourth-order valence-corrected chi connectivity index (χ4v) is 5.79. The number of rotatable bonds is 9. The van der Waals surface area contributed by atoms with Gasteiger partial charge in [0.15, 0.2) is 0 Å². The Morgan fingerprint density at radius 1 is 0.909 bits per heavy atom. The van der Waals surface area contributed by atoms with Crippen molar-refractivity contribution in [1.29, 1.82) is 0 Å². The molecule has 1 saturated carbocycles. The van der Waals surface area contributed by atoms with Crippen LogP contribution >= 0.6 is 0 Å². The zero-order valence-electron chi connectivity index (χ0n) is 24.8. The number of aromatic nitrogens is 6. The SMILES string of the molecule is CN(C)CCOc1cc(F)cc(-c2nccc3[nH]c(-c4n[nH]c5ccc(-c6cncc(OC7CCCCC7)c6)nc45)cc23)c1. The van der Waals surface area contributed by atoms with Crippen molar-refractivity contribution >= 4 is 21.9 Å². The van der Waals surface area contributed by atoms with E-state index in [1.54, 1.807) is 18.6 Å². The number of halogens is 1. The number of pyridine rings is 3. The molecule has 0 spiro atoms. The quantitative estimate of drug-likeness (QED) is 0.186. The second kappa shape index (κ2) is 12.0. The van der Waals surface area contributed by atoms with Crippen molar-refractivity contribution < 1.29 is 13.9 Å². The van der Waals surface area contributed by atoms with Gasteiger partial charge in [0.2, 0.25) is 0 Å². The number of hydrogen-bond donors (Lipinski definition) is 2. The molecular formula is C34H34FN7O2. The van der Waals surface area contributed by atoms with Gasteiger partial charge in [0.05, 0.1) is 34.9 Å². The van der Waals surface area contributed by atoms with Gasteiger partial charge >= 0.3 is 0 Å². The van der Waals surface area contributed by atoms with Crippen LogP contribution < -0.4 is 9.47 Å². The Hall–Kier alpha value is -4.83. The first-order valence-electron chi connectivity index (χ1n) is 15.0. The lowest BCUT2D eigenvalue weighted by Gasteiger charge is -2.22. The third-order valence-corrected chi connectivity index (χ3v) is 8.03. The van der Waals surface area contributed by atoms with Crippen LogP contribution in [0.2, 0.25) is 0 Å². The molecule has 0 unspecified atom stereocenters. The summed E-state index contributed by atoms with van der Waals surface area (Å²) in [5.41, 5.74) is 6.79. The van der Waals surface area contributed by atoms with Gasteiger partial charge < -0.3 is 19.4 Å². The Kier molecular flexibility index (Phi) is 7.66. The van der Waals surface area contributed by atoms with E-state index in [9.17, 15) is 4.39 Å². The molecule has 0 bridgehead atoms. The third kappa shape index (κ3) is 5.85. The van der Waals surface area contributed by atoms with Crippen molar-refractivity contribution in [2.45, 2.75) is 38.2 Å². The first-order chi connectivity index (χ1) is 21.5. The van der Waals surface area contributed by atoms with Crippen LogP contribution in [0.1, 0.15) is 32.1 Å². The minimum atomic E-state index is -0.380. The lowest BCUT2D eigenvalue weighted by Crippen LogP contribution is -2.19. The van der Waals surface area contributed by atoms with Crippen molar-refractivity contribution in [2.75, 3.05) is 27.2 Å². The standard InChI is InChI=1S/C34H34FN7O2/c1-42(2)12-13-43-25-15-21(14-23(35)17-25)32-27-18-31(38-29(27)10-11-37-32)34-33-30(40-41-34)9-8-28(39-33)22-16-26(20-36-19-22)44-24-6-4-3-5-7-24/h8-11,14-20,24,38H,3-7,12-13H2,1-2H3,(H,40,41). The van der Waals surface area contributed by atoms with E-state index in [0.29, 0.717) is 29.3 Å². The molecule has 10 heteroatoms. The highest BCUT2D eigenvalue weighted by molar-refractivity contribution is 5.99. The highest BCUT2D eigenvalue weighted by Crippen LogP contribution is 2.35. The molecule has 2 N–H and O–H groups in total. The number of aromatic amines is 2. The summed E-state index contributed by atoms with van der Waals surface area (Å²) in [6.45, 7) is 1.18. The first kappa shape index (κ1) is 28.0. The third-order valence-electron chi connectivity index (χ3n) is 8.03. The van der Waals surface area contributed by atoms with E-state index in [-0.39, 0.29) is 11.9 Å². The number of hydrogen-bond acceptors (Lipinski definition) is 7. The van der Waals surface area contributed by atoms with Gasteiger partial charge in [0.1, 0.15) is 35.1 Å². The average Bonchev–Trinajstić information content (AvgIpc) is 3.65. The van der Waals surface area contributed by atoms with Gasteiger partial charge in [-0.15, -0.1) is 0 Å². The maximum atomic E-state index is 14.7. The van der Waals surface area contributed by atoms with E-state index in [2.05, 4.69) is 25.1 Å². The number of nitrogens with one attached hydrogen (secondary N) is 2. The Morgan fingerprint density at radius 2 is 1.77 bits per heavy atom. The number of benzene rings is 1. The molecule has 7 rings (SSSR count). The molecule has 9 nitrogen and oxygen atoms in total. The molecule has 1 aliphatic rings. The van der Waals surface area contributed by atoms with Crippen LogP contribution in [0.4, 0.5) is 4.39 Å². The molecule has 6 aromatic rings. The fraction of sp³-hybridized carbons (Fsp3) is 0.294. The largest absolute Gasteiger partial charge is 0.492 e. The molecule has 1 aromatic carbocycles. The molecule has 0 atom stereocenters. The smallest absolute Gasteiger partial charge is 0.138 e. The van der Waals surface area contributed by atoms with Crippen molar-refractivity contribution in [3.63, 3.8) is 0 Å². The summed E-state index contributed by atoms with van der Waals surface area (Å²) in [7, 11) is 3.94. The molecule has 0 aliphatic heterocycles. The van der Waals surface area contributed by atoms with Crippen LogP contribution in [0.25, 0.3) is 55.8 Å².